The first-order valence-corrected chi connectivity index (χ1v) is 40.9. The number of likely N-dealkylation sites (tertiary alicyclic amines) is 2. The molecule has 2 aliphatic rings. The number of phenols is 1. The fourth-order valence-electron chi connectivity index (χ4n) is 14.9. The number of unbranched alkanes of at least 4 members (excludes halogenated alkanes) is 1. The van der Waals surface area contributed by atoms with E-state index in [0.29, 0.717) is 42.5 Å². The van der Waals surface area contributed by atoms with Gasteiger partial charge in [0.25, 0.3) is 0 Å². The average molecular weight is 1670 g/mol. The lowest BCUT2D eigenvalue weighted by molar-refractivity contribution is -0.144. The van der Waals surface area contributed by atoms with Gasteiger partial charge in [-0.25, -0.2) is 9.78 Å². The number of phenolic OH excluding ortho intramolecular Hbond substituents is 1. The van der Waals surface area contributed by atoms with Crippen LogP contribution in [0.5, 0.6) is 5.75 Å². The smallest absolute Gasteiger partial charge is 0.326 e. The average Bonchev–Trinajstić information content (AvgIpc) is 1.76. The van der Waals surface area contributed by atoms with Crippen LogP contribution in [-0.4, -0.2) is 227 Å². The summed E-state index contributed by atoms with van der Waals surface area (Å²) in [6.45, 7) is 10.2. The number of benzene rings is 3. The fourth-order valence-corrected chi connectivity index (χ4v) is 14.9. The van der Waals surface area contributed by atoms with Crippen LogP contribution in [0.15, 0.2) is 97.7 Å². The molecule has 0 saturated carbocycles. The summed E-state index contributed by atoms with van der Waals surface area (Å²) in [6.07, 6.45) is 6.18. The van der Waals surface area contributed by atoms with Crippen molar-refractivity contribution in [3.8, 4) is 5.75 Å². The van der Waals surface area contributed by atoms with E-state index < -0.39 is 174 Å². The standard InChI is InChI=1S/C83H116N20O17/c1-45(2)33-61(98-77(113)64(38-50-41-90-57-18-10-8-16-54(50)57)99-78(114)65(39-51-42-88-44-92-51)96-72(108)55(85)37-49-40-89-56-17-9-7-15-53(49)56)74(110)94-58(26-28-69(86)105)73(109)97-62(34-46(3)4)75(111)95-59(19-11-12-30-84)81(117)102-31-13-20-67(102)79(115)91-43-71(107)93-60(27-29-70(87)106)82(118)103-32-14-21-68(103)80(116)100-63(35-47(5)6)76(112)101-66(83(119)120)36-48-22-24-52(104)25-23-48/h7-10,15-18,22-25,40-42,44-47,55,58-68,89-90,104H,11-14,19-21,26-39,43,84-85H2,1-6H3,(H2,86,105)(H2,87,106)(H,88,92)(H,91,115)(H,93,107)(H,94,110)(H,95,111)(H,96,108)(H,97,109)(H,98,113)(H,99,114)(H,100,116)(H,101,112)(H,119,120)/t55-,58-,59-,60-,61-,62-,63-,64-,65-,66-,67-,68-/m0/s1. The largest absolute Gasteiger partial charge is 0.508 e. The molecule has 650 valence electrons. The number of aromatic nitrogens is 4. The van der Waals surface area contributed by atoms with Crippen molar-refractivity contribution in [2.75, 3.05) is 26.2 Å². The van der Waals surface area contributed by atoms with Gasteiger partial charge < -0.3 is 111 Å². The molecule has 14 amide bonds. The molecule has 0 bridgehead atoms. The van der Waals surface area contributed by atoms with Crippen LogP contribution in [0.2, 0.25) is 0 Å². The number of amides is 14. The van der Waals surface area contributed by atoms with Gasteiger partial charge in [-0.2, -0.15) is 0 Å². The van der Waals surface area contributed by atoms with Crippen LogP contribution in [0.4, 0.5) is 0 Å². The van der Waals surface area contributed by atoms with Crippen molar-refractivity contribution in [3.63, 3.8) is 0 Å². The van der Waals surface area contributed by atoms with Gasteiger partial charge in [0.15, 0.2) is 0 Å². The van der Waals surface area contributed by atoms with Gasteiger partial charge in [-0.15, -0.1) is 0 Å². The van der Waals surface area contributed by atoms with Gasteiger partial charge in [-0.1, -0.05) is 90.1 Å². The van der Waals surface area contributed by atoms with E-state index in [1.165, 1.54) is 40.4 Å². The third-order valence-electron chi connectivity index (χ3n) is 21.1. The third-order valence-corrected chi connectivity index (χ3v) is 21.1. The van der Waals surface area contributed by atoms with E-state index in [2.05, 4.69) is 73.1 Å². The maximum Gasteiger partial charge on any atom is 0.326 e. The van der Waals surface area contributed by atoms with E-state index >= 15 is 4.79 Å². The molecule has 6 aromatic rings. The normalized spacial score (nSPS) is 16.5. The summed E-state index contributed by atoms with van der Waals surface area (Å²) in [5.41, 5.74) is 27.4. The number of imidazole rings is 1. The first-order valence-electron chi connectivity index (χ1n) is 40.9. The Labute approximate surface area is 694 Å². The summed E-state index contributed by atoms with van der Waals surface area (Å²) in [4.78, 5) is 226. The summed E-state index contributed by atoms with van der Waals surface area (Å²) in [7, 11) is 0. The molecule has 0 spiro atoms. The van der Waals surface area contributed by atoms with E-state index in [-0.39, 0.29) is 127 Å². The molecule has 5 heterocycles. The second kappa shape index (κ2) is 45.0. The van der Waals surface area contributed by atoms with Crippen LogP contribution in [0.1, 0.15) is 154 Å². The second-order valence-corrected chi connectivity index (χ2v) is 32.1. The highest BCUT2D eigenvalue weighted by Gasteiger charge is 2.43. The number of carboxylic acids is 1. The third kappa shape index (κ3) is 27.7. The van der Waals surface area contributed by atoms with Crippen LogP contribution in [0.25, 0.3) is 21.8 Å². The number of hydrogen-bond donors (Lipinski definition) is 19. The van der Waals surface area contributed by atoms with Crippen molar-refractivity contribution >= 4 is 110 Å². The Kier molecular flexibility index (Phi) is 35.0. The Morgan fingerprint density at radius 2 is 0.925 bits per heavy atom. The minimum absolute atomic E-state index is 0.0122. The summed E-state index contributed by atoms with van der Waals surface area (Å²) in [5, 5.41) is 48.2. The molecule has 12 atom stereocenters. The lowest BCUT2D eigenvalue weighted by atomic mass is 9.99. The van der Waals surface area contributed by atoms with Gasteiger partial charge >= 0.3 is 5.97 Å². The van der Waals surface area contributed by atoms with Crippen LogP contribution >= 0.6 is 0 Å². The number of fused-ring (bicyclic) bond motifs is 2. The molecule has 0 aliphatic carbocycles. The number of para-hydroxylation sites is 2. The molecule has 0 unspecified atom stereocenters. The number of carbonyl (C=O) groups excluding carboxylic acids is 14. The number of nitrogens with zero attached hydrogens (tertiary/aromatic N) is 3. The van der Waals surface area contributed by atoms with E-state index in [9.17, 15) is 77.3 Å². The van der Waals surface area contributed by atoms with Crippen molar-refractivity contribution in [2.24, 2.45) is 40.7 Å². The molecule has 2 saturated heterocycles. The maximum atomic E-state index is 15.1. The number of aromatic hydroxyl groups is 1. The predicted molar refractivity (Wildman–Crippen MR) is 442 cm³/mol. The Morgan fingerprint density at radius 1 is 0.483 bits per heavy atom. The van der Waals surface area contributed by atoms with Crippen molar-refractivity contribution in [1.82, 2.24) is 82.9 Å². The number of aromatic amines is 3. The van der Waals surface area contributed by atoms with Crippen LogP contribution in [-0.2, 0) is 97.6 Å². The molecular formula is C83H116N20O17. The van der Waals surface area contributed by atoms with Gasteiger partial charge in [-0.3, -0.25) is 67.1 Å². The number of nitrogens with two attached hydrogens (primary N) is 4. The van der Waals surface area contributed by atoms with E-state index in [1.54, 1.807) is 66.2 Å². The minimum Gasteiger partial charge on any atom is -0.508 e. The van der Waals surface area contributed by atoms with Crippen LogP contribution in [0.3, 0.4) is 0 Å². The second-order valence-electron chi connectivity index (χ2n) is 32.1. The zero-order valence-corrected chi connectivity index (χ0v) is 68.6. The van der Waals surface area contributed by atoms with E-state index in [0.717, 1.165) is 27.4 Å². The van der Waals surface area contributed by atoms with Crippen molar-refractivity contribution < 1.29 is 82.1 Å². The first-order chi connectivity index (χ1) is 57.2. The minimum atomic E-state index is -1.58. The predicted octanol–water partition coefficient (Wildman–Crippen LogP) is 0.0201. The van der Waals surface area contributed by atoms with Crippen molar-refractivity contribution in [1.29, 1.82) is 0 Å². The zero-order valence-electron chi connectivity index (χ0n) is 68.6. The molecule has 37 nitrogen and oxygen atoms in total. The monoisotopic (exact) mass is 1660 g/mol. The Morgan fingerprint density at radius 3 is 1.43 bits per heavy atom. The van der Waals surface area contributed by atoms with Gasteiger partial charge in [0, 0.05) is 85.6 Å². The summed E-state index contributed by atoms with van der Waals surface area (Å²) < 4.78 is 0. The van der Waals surface area contributed by atoms with Gasteiger partial charge in [-0.05, 0) is 149 Å². The number of hydrogen-bond acceptors (Lipinski definition) is 19. The molecule has 2 aliphatic heterocycles. The number of aliphatic carboxylic acids is 1. The van der Waals surface area contributed by atoms with Crippen LogP contribution < -0.4 is 76.1 Å². The van der Waals surface area contributed by atoms with E-state index in [1.807, 2.05) is 42.5 Å². The van der Waals surface area contributed by atoms with Crippen molar-refractivity contribution in [2.45, 2.75) is 230 Å². The SMILES string of the molecule is CC(C)C[C@H](NC(=O)[C@H](Cc1c[nH]c2ccccc12)NC(=O)[C@H](Cc1c[nH]cn1)NC(=O)[C@@H](N)Cc1c[nH]c2ccccc12)C(=O)N[C@@H](CCC(N)=O)C(=O)N[C@@H](CC(C)C)C(=O)N[C@@H](CCCCN)C(=O)N1CCC[C@H]1C(=O)NCC(=O)N[C@@H](CCC(N)=O)C(=O)N1CCC[C@H]1C(=O)N[C@@H](CC(C)C)C(=O)N[C@@H](Cc1ccc(O)cc1)C(=O)O. The highest BCUT2D eigenvalue weighted by atomic mass is 16.4. The Hall–Kier alpha value is -12.3. The number of nitrogens with one attached hydrogen (secondary N) is 13. The Bertz CT molecular complexity index is 4560. The lowest BCUT2D eigenvalue weighted by Crippen LogP contribution is -2.61. The fraction of sp³-hybridized carbons (Fsp3) is 0.518. The summed E-state index contributed by atoms with van der Waals surface area (Å²) >= 11 is 0. The molecule has 3 aromatic carbocycles. The molecule has 2 fully saturated rings. The first kappa shape index (κ1) is 93.2. The highest BCUT2D eigenvalue weighted by Crippen LogP contribution is 2.26. The Balaban J connectivity index is 0.926. The molecule has 8 rings (SSSR count). The number of H-pyrrole nitrogens is 3. The highest BCUT2D eigenvalue weighted by molar-refractivity contribution is 6.01. The van der Waals surface area contributed by atoms with Gasteiger partial charge in [0.05, 0.1) is 24.6 Å². The number of carboxylic acid groups (broad SMARTS) is 1. The van der Waals surface area contributed by atoms with Gasteiger partial charge in [0.1, 0.15) is 72.2 Å². The summed E-state index contributed by atoms with van der Waals surface area (Å²) in [5.74, 6) is -13.5. The zero-order chi connectivity index (χ0) is 87.4. The lowest BCUT2D eigenvalue weighted by Gasteiger charge is -2.31. The summed E-state index contributed by atoms with van der Waals surface area (Å²) in [6, 6.07) is 4.44. The maximum absolute atomic E-state index is 15.1. The van der Waals surface area contributed by atoms with E-state index in [4.69, 9.17) is 22.9 Å². The molecule has 3 aromatic heterocycles. The molecule has 23 N–H and O–H groups in total. The number of carbonyl (C=O) groups is 15. The van der Waals surface area contributed by atoms with Gasteiger partial charge in [0.2, 0.25) is 82.7 Å². The molecule has 37 heteroatoms. The number of rotatable bonds is 47. The molecule has 120 heavy (non-hydrogen) atoms. The van der Waals surface area contributed by atoms with Crippen molar-refractivity contribution in [3.05, 3.63) is 120 Å². The topological polar surface area (TPSA) is 588 Å². The molecular weight excluding hydrogens is 1550 g/mol. The number of primary amides is 2. The van der Waals surface area contributed by atoms with Crippen LogP contribution in [0, 0.1) is 17.8 Å². The molecule has 0 radical (unpaired) electrons. The quantitative estimate of drug-likeness (QED) is 0.0224.